The molecular formula is C38H35Br3N4O4. The second-order valence-corrected chi connectivity index (χ2v) is 14.7. The number of hydrogen-bond acceptors (Lipinski definition) is 6. The number of hydrogen-bond donors (Lipinski definition) is 1. The van der Waals surface area contributed by atoms with Crippen LogP contribution in [-0.4, -0.2) is 63.7 Å². The van der Waals surface area contributed by atoms with Crippen molar-refractivity contribution < 1.29 is 19.2 Å². The molecule has 0 saturated carbocycles. The number of halogens is 3. The van der Waals surface area contributed by atoms with Gasteiger partial charge in [-0.15, -0.1) is 0 Å². The van der Waals surface area contributed by atoms with Gasteiger partial charge in [-0.2, -0.15) is 0 Å². The van der Waals surface area contributed by atoms with Crippen molar-refractivity contribution in [2.75, 3.05) is 54.0 Å². The summed E-state index contributed by atoms with van der Waals surface area (Å²) in [5.41, 5.74) is 8.21. The minimum absolute atomic E-state index is 0.0346. The Kier molecular flexibility index (Phi) is 11.3. The maximum absolute atomic E-state index is 12.9. The third-order valence-corrected chi connectivity index (χ3v) is 11.3. The fourth-order valence-corrected chi connectivity index (χ4v) is 7.80. The molecule has 49 heavy (non-hydrogen) atoms. The number of amides is 2. The van der Waals surface area contributed by atoms with Crippen molar-refractivity contribution >= 4 is 89.2 Å². The van der Waals surface area contributed by atoms with E-state index in [4.69, 9.17) is 0 Å². The van der Waals surface area contributed by atoms with E-state index < -0.39 is 0 Å². The average Bonchev–Trinajstić information content (AvgIpc) is 3.04. The van der Waals surface area contributed by atoms with Crippen LogP contribution in [0.15, 0.2) is 86.2 Å². The lowest BCUT2D eigenvalue weighted by molar-refractivity contribution is 0.0943. The molecule has 0 spiro atoms. The van der Waals surface area contributed by atoms with Crippen molar-refractivity contribution in [1.82, 2.24) is 5.32 Å². The highest BCUT2D eigenvalue weighted by atomic mass is 79.9. The zero-order valence-corrected chi connectivity index (χ0v) is 31.5. The van der Waals surface area contributed by atoms with E-state index in [-0.39, 0.29) is 11.8 Å². The van der Waals surface area contributed by atoms with Crippen LogP contribution in [0.1, 0.15) is 65.4 Å². The van der Waals surface area contributed by atoms with Crippen molar-refractivity contribution in [1.29, 1.82) is 0 Å². The summed E-state index contributed by atoms with van der Waals surface area (Å²) in [6.45, 7) is 5.87. The molecule has 2 saturated heterocycles. The molecule has 4 heterocycles. The predicted molar refractivity (Wildman–Crippen MR) is 205 cm³/mol. The molecule has 4 aromatic carbocycles. The van der Waals surface area contributed by atoms with Crippen LogP contribution in [0.25, 0.3) is 0 Å². The van der Waals surface area contributed by atoms with E-state index in [0.29, 0.717) is 27.8 Å². The second kappa shape index (κ2) is 15.8. The number of carbonyl (C=O) groups is 4. The van der Waals surface area contributed by atoms with E-state index in [1.54, 1.807) is 4.90 Å². The molecule has 8 nitrogen and oxygen atoms in total. The van der Waals surface area contributed by atoms with Crippen molar-refractivity contribution in [3.05, 3.63) is 120 Å². The fourth-order valence-electron chi connectivity index (χ4n) is 6.16. The lowest BCUT2D eigenvalue weighted by Crippen LogP contribution is -2.39. The predicted octanol–water partition coefficient (Wildman–Crippen LogP) is 7.88. The van der Waals surface area contributed by atoms with Gasteiger partial charge in [-0.25, -0.2) is 0 Å². The third-order valence-electron chi connectivity index (χ3n) is 9.18. The highest BCUT2D eigenvalue weighted by Gasteiger charge is 2.28. The number of nitrogens with one attached hydrogen (secondary N) is 1. The lowest BCUT2D eigenvalue weighted by atomic mass is 9.96. The first-order valence-electron chi connectivity index (χ1n) is 16.3. The Balaban J connectivity index is 0.000000142. The Morgan fingerprint density at radius 3 is 1.67 bits per heavy atom. The van der Waals surface area contributed by atoms with Crippen LogP contribution in [0.5, 0.6) is 0 Å². The van der Waals surface area contributed by atoms with E-state index in [1.165, 1.54) is 29.8 Å². The Labute approximate surface area is 311 Å². The number of fused-ring (bicyclic) bond motifs is 2. The first-order valence-corrected chi connectivity index (χ1v) is 18.7. The fraction of sp³-hybridized carbons (Fsp3) is 0.263. The van der Waals surface area contributed by atoms with E-state index >= 15 is 0 Å². The minimum atomic E-state index is -0.0346. The molecule has 0 aliphatic carbocycles. The molecule has 4 aliphatic rings. The summed E-state index contributed by atoms with van der Waals surface area (Å²) < 4.78 is 2.34. The normalized spacial score (nSPS) is 15.9. The number of carbonyl (C=O) groups excluding carboxylic acids is 4. The highest BCUT2D eigenvalue weighted by Crippen LogP contribution is 2.33. The number of anilines is 3. The molecule has 0 unspecified atom stereocenters. The number of nitrogens with zero attached hydrogens (tertiary/aromatic N) is 3. The zero-order chi connectivity index (χ0) is 34.5. The molecule has 1 N–H and O–H groups in total. The first kappa shape index (κ1) is 35.0. The summed E-state index contributed by atoms with van der Waals surface area (Å²) in [7, 11) is 0. The molecule has 4 aromatic rings. The van der Waals surface area contributed by atoms with Crippen LogP contribution in [0.2, 0.25) is 0 Å². The van der Waals surface area contributed by atoms with E-state index in [1.807, 2.05) is 54.6 Å². The number of benzene rings is 4. The van der Waals surface area contributed by atoms with Crippen LogP contribution in [0.4, 0.5) is 17.1 Å². The highest BCUT2D eigenvalue weighted by molar-refractivity contribution is 9.11. The molecule has 252 valence electrons. The lowest BCUT2D eigenvalue weighted by Gasteiger charge is -2.35. The Hall–Kier alpha value is -3.80. The standard InChI is InChI=1S/C19H17BrN2O2.C12H14N2O.C7H4Br2O/c20-17-3-1-4-18(16(17)12-23)22-10-7-13-11-14(21-8-2-9-21)5-6-15(13)19(22)24;15-12-11-3-2-10(14-6-1-7-14)8-9(11)4-5-13-12;8-6-2-1-3-7(9)5(6)4-10/h1,3-6,11-12H,2,7-10H2;2-3,8H,1,4-7H2,(H,13,15);1-4H. The van der Waals surface area contributed by atoms with Gasteiger partial charge in [0.2, 0.25) is 0 Å². The maximum Gasteiger partial charge on any atom is 0.258 e. The van der Waals surface area contributed by atoms with Crippen LogP contribution in [0.3, 0.4) is 0 Å². The summed E-state index contributed by atoms with van der Waals surface area (Å²) in [6, 6.07) is 23.3. The van der Waals surface area contributed by atoms with E-state index in [0.717, 1.165) is 83.8 Å². The van der Waals surface area contributed by atoms with E-state index in [9.17, 15) is 19.2 Å². The van der Waals surface area contributed by atoms with Gasteiger partial charge in [0.05, 0.1) is 11.3 Å². The Morgan fingerprint density at radius 2 is 1.14 bits per heavy atom. The topological polar surface area (TPSA) is 90.0 Å². The largest absolute Gasteiger partial charge is 0.371 e. The van der Waals surface area contributed by atoms with Gasteiger partial charge < -0.3 is 20.0 Å². The van der Waals surface area contributed by atoms with Crippen LogP contribution < -0.4 is 20.0 Å². The first-order chi connectivity index (χ1) is 23.8. The zero-order valence-electron chi connectivity index (χ0n) is 26.8. The number of rotatable bonds is 5. The molecule has 0 aromatic heterocycles. The van der Waals surface area contributed by atoms with Gasteiger partial charge in [0, 0.05) is 80.8 Å². The van der Waals surface area contributed by atoms with Crippen molar-refractivity contribution in [2.24, 2.45) is 0 Å². The SMILES string of the molecule is O=C1NCCc2cc(N3CCC3)ccc21.O=Cc1c(Br)cccc1Br.O=Cc1c(Br)cccc1N1CCc2cc(N3CCC3)ccc2C1=O. The van der Waals surface area contributed by atoms with Crippen LogP contribution in [-0.2, 0) is 12.8 Å². The molecule has 8 rings (SSSR count). The summed E-state index contributed by atoms with van der Waals surface area (Å²) in [4.78, 5) is 52.7. The summed E-state index contributed by atoms with van der Waals surface area (Å²) in [5, 5.41) is 2.86. The molecule has 2 fully saturated rings. The molecule has 0 bridgehead atoms. The Bertz CT molecular complexity index is 1890. The van der Waals surface area contributed by atoms with Gasteiger partial charge in [-0.3, -0.25) is 19.2 Å². The molecule has 11 heteroatoms. The number of aldehydes is 2. The van der Waals surface area contributed by atoms with Gasteiger partial charge in [-0.05, 0) is 113 Å². The minimum Gasteiger partial charge on any atom is -0.371 e. The van der Waals surface area contributed by atoms with Crippen LogP contribution in [0, 0.1) is 0 Å². The summed E-state index contributed by atoms with van der Waals surface area (Å²) in [6.07, 6.45) is 5.90. The third kappa shape index (κ3) is 7.69. The van der Waals surface area contributed by atoms with Gasteiger partial charge in [0.25, 0.3) is 11.8 Å². The molecular weight excluding hydrogens is 816 g/mol. The van der Waals surface area contributed by atoms with Crippen molar-refractivity contribution in [3.8, 4) is 0 Å². The summed E-state index contributed by atoms with van der Waals surface area (Å²) in [5.74, 6) is 0.0408. The molecule has 4 aliphatic heterocycles. The smallest absolute Gasteiger partial charge is 0.258 e. The van der Waals surface area contributed by atoms with Crippen molar-refractivity contribution in [3.63, 3.8) is 0 Å². The average molecular weight is 851 g/mol. The van der Waals surface area contributed by atoms with Gasteiger partial charge in [-0.1, -0.05) is 44.0 Å². The van der Waals surface area contributed by atoms with E-state index in [2.05, 4.69) is 81.1 Å². The maximum atomic E-state index is 12.9. The molecule has 0 radical (unpaired) electrons. The quantitative estimate of drug-likeness (QED) is 0.206. The van der Waals surface area contributed by atoms with Gasteiger partial charge >= 0.3 is 0 Å². The van der Waals surface area contributed by atoms with Crippen LogP contribution >= 0.6 is 47.8 Å². The monoisotopic (exact) mass is 848 g/mol. The second-order valence-electron chi connectivity index (χ2n) is 12.1. The molecule has 2 amide bonds. The van der Waals surface area contributed by atoms with Gasteiger partial charge in [0.15, 0.2) is 12.6 Å². The van der Waals surface area contributed by atoms with Gasteiger partial charge in [0.1, 0.15) is 0 Å². The van der Waals surface area contributed by atoms with Crippen molar-refractivity contribution in [2.45, 2.75) is 25.7 Å². The summed E-state index contributed by atoms with van der Waals surface area (Å²) >= 11 is 9.88. The Morgan fingerprint density at radius 1 is 0.612 bits per heavy atom. The molecule has 0 atom stereocenters.